The van der Waals surface area contributed by atoms with E-state index in [0.717, 1.165) is 16.9 Å². The van der Waals surface area contributed by atoms with Crippen molar-refractivity contribution in [3.8, 4) is 16.9 Å². The summed E-state index contributed by atoms with van der Waals surface area (Å²) in [4.78, 5) is 0. The molecule has 2 aromatic carbocycles. The van der Waals surface area contributed by atoms with Gasteiger partial charge >= 0.3 is 0 Å². The third-order valence-corrected chi connectivity index (χ3v) is 4.14. The molecule has 0 saturated heterocycles. The van der Waals surface area contributed by atoms with Crippen LogP contribution in [0, 0.1) is 9.41 Å². The number of aromatic nitrogens is 3. The zero-order chi connectivity index (χ0) is 14.8. The van der Waals surface area contributed by atoms with Gasteiger partial charge in [0.05, 0.1) is 5.69 Å². The summed E-state index contributed by atoms with van der Waals surface area (Å²) in [5, 5.41) is 4.66. The first-order valence-electron chi connectivity index (χ1n) is 6.49. The van der Waals surface area contributed by atoms with Crippen LogP contribution >= 0.6 is 24.4 Å². The molecule has 0 fully saturated rings. The molecule has 0 radical (unpaired) electrons. The fourth-order valence-electron chi connectivity index (χ4n) is 2.09. The van der Waals surface area contributed by atoms with Gasteiger partial charge in [-0.05, 0) is 24.4 Å². The van der Waals surface area contributed by atoms with Gasteiger partial charge in [0.1, 0.15) is 10.3 Å². The average molecular weight is 311 g/mol. The molecule has 104 valence electrons. The maximum absolute atomic E-state index is 5.49. The standard InChI is InChI=1S/C16H13N3S2/c1-18-15(20)14(12-8-4-2-5-9-12)17-19(16(18)21)13-10-6-3-7-11-13/h2-11H,1H3. The largest absolute Gasteiger partial charge is 0.309 e. The zero-order valence-electron chi connectivity index (χ0n) is 11.4. The van der Waals surface area contributed by atoms with Gasteiger partial charge in [0.15, 0.2) is 0 Å². The van der Waals surface area contributed by atoms with E-state index >= 15 is 0 Å². The van der Waals surface area contributed by atoms with Crippen LogP contribution in [0.3, 0.4) is 0 Å². The number of rotatable bonds is 2. The number of benzene rings is 2. The van der Waals surface area contributed by atoms with Gasteiger partial charge in [-0.1, -0.05) is 60.7 Å². The van der Waals surface area contributed by atoms with Crippen molar-refractivity contribution in [3.05, 3.63) is 70.1 Å². The van der Waals surface area contributed by atoms with E-state index in [0.29, 0.717) is 9.41 Å². The van der Waals surface area contributed by atoms with Gasteiger partial charge in [-0.2, -0.15) is 5.10 Å². The second-order valence-electron chi connectivity index (χ2n) is 4.61. The van der Waals surface area contributed by atoms with E-state index in [1.54, 1.807) is 4.68 Å². The van der Waals surface area contributed by atoms with Gasteiger partial charge in [0, 0.05) is 12.6 Å². The minimum absolute atomic E-state index is 0.575. The van der Waals surface area contributed by atoms with Crippen molar-refractivity contribution in [2.75, 3.05) is 0 Å². The highest BCUT2D eigenvalue weighted by Crippen LogP contribution is 2.19. The second-order valence-corrected chi connectivity index (χ2v) is 5.36. The predicted octanol–water partition coefficient (Wildman–Crippen LogP) is 4.34. The summed E-state index contributed by atoms with van der Waals surface area (Å²) in [6, 6.07) is 19.7. The lowest BCUT2D eigenvalue weighted by atomic mass is 10.2. The monoisotopic (exact) mass is 311 g/mol. The maximum Gasteiger partial charge on any atom is 0.202 e. The Hall–Kier alpha value is -2.11. The number of nitrogens with zero attached hydrogens (tertiary/aromatic N) is 3. The summed E-state index contributed by atoms with van der Waals surface area (Å²) >= 11 is 11.0. The zero-order valence-corrected chi connectivity index (χ0v) is 13.1. The lowest BCUT2D eigenvalue weighted by Gasteiger charge is -2.12. The van der Waals surface area contributed by atoms with Crippen LogP contribution in [0.5, 0.6) is 0 Å². The number of para-hydroxylation sites is 1. The van der Waals surface area contributed by atoms with Gasteiger partial charge in [-0.25, -0.2) is 4.68 Å². The molecule has 3 rings (SSSR count). The average Bonchev–Trinajstić information content (AvgIpc) is 2.55. The van der Waals surface area contributed by atoms with Gasteiger partial charge in [-0.3, -0.25) is 0 Å². The van der Waals surface area contributed by atoms with Crippen LogP contribution in [-0.4, -0.2) is 14.3 Å². The molecule has 0 saturated carbocycles. The van der Waals surface area contributed by atoms with Crippen molar-refractivity contribution in [2.45, 2.75) is 0 Å². The first-order valence-corrected chi connectivity index (χ1v) is 7.31. The first-order chi connectivity index (χ1) is 10.2. The molecule has 3 nitrogen and oxygen atoms in total. The minimum atomic E-state index is 0.575. The van der Waals surface area contributed by atoms with Crippen LogP contribution in [-0.2, 0) is 7.05 Å². The van der Waals surface area contributed by atoms with Crippen LogP contribution in [0.4, 0.5) is 0 Å². The molecule has 0 aliphatic heterocycles. The highest BCUT2D eigenvalue weighted by Gasteiger charge is 2.09. The van der Waals surface area contributed by atoms with E-state index < -0.39 is 0 Å². The molecular weight excluding hydrogens is 298 g/mol. The Morgan fingerprint density at radius 1 is 0.857 bits per heavy atom. The van der Waals surface area contributed by atoms with Gasteiger partial charge < -0.3 is 4.57 Å². The molecular formula is C16H13N3S2. The molecule has 0 amide bonds. The summed E-state index contributed by atoms with van der Waals surface area (Å²) in [5.41, 5.74) is 2.66. The normalized spacial score (nSPS) is 10.5. The number of hydrogen-bond donors (Lipinski definition) is 0. The smallest absolute Gasteiger partial charge is 0.202 e. The van der Waals surface area contributed by atoms with Crippen LogP contribution < -0.4 is 0 Å². The third kappa shape index (κ3) is 2.57. The quantitative estimate of drug-likeness (QED) is 0.658. The number of hydrogen-bond acceptors (Lipinski definition) is 3. The van der Waals surface area contributed by atoms with Gasteiger partial charge in [0.2, 0.25) is 4.77 Å². The molecule has 1 aromatic heterocycles. The van der Waals surface area contributed by atoms with Crippen molar-refractivity contribution in [1.82, 2.24) is 14.3 Å². The summed E-state index contributed by atoms with van der Waals surface area (Å²) in [6.45, 7) is 0. The van der Waals surface area contributed by atoms with Crippen molar-refractivity contribution < 1.29 is 0 Å². The molecule has 0 atom stereocenters. The molecule has 0 aliphatic rings. The molecule has 0 aliphatic carbocycles. The molecule has 0 spiro atoms. The second kappa shape index (κ2) is 5.71. The Morgan fingerprint density at radius 3 is 2.05 bits per heavy atom. The fraction of sp³-hybridized carbons (Fsp3) is 0.0625. The van der Waals surface area contributed by atoms with Crippen molar-refractivity contribution in [2.24, 2.45) is 7.05 Å². The molecule has 5 heteroatoms. The van der Waals surface area contributed by atoms with E-state index in [9.17, 15) is 0 Å². The van der Waals surface area contributed by atoms with Crippen molar-refractivity contribution in [3.63, 3.8) is 0 Å². The lowest BCUT2D eigenvalue weighted by Crippen LogP contribution is -2.12. The predicted molar refractivity (Wildman–Crippen MR) is 89.6 cm³/mol. The van der Waals surface area contributed by atoms with E-state index in [-0.39, 0.29) is 0 Å². The molecule has 0 unspecified atom stereocenters. The topological polar surface area (TPSA) is 22.8 Å². The summed E-state index contributed by atoms with van der Waals surface area (Å²) < 4.78 is 4.77. The van der Waals surface area contributed by atoms with Crippen molar-refractivity contribution >= 4 is 24.4 Å². The lowest BCUT2D eigenvalue weighted by molar-refractivity contribution is 0.702. The van der Waals surface area contributed by atoms with E-state index in [1.165, 1.54) is 0 Å². The Morgan fingerprint density at radius 2 is 1.43 bits per heavy atom. The SMILES string of the molecule is Cn1c(=S)c(-c2ccccc2)nn(-c2ccccc2)c1=S. The Balaban J connectivity index is 2.32. The van der Waals surface area contributed by atoms with E-state index in [4.69, 9.17) is 24.4 Å². The maximum atomic E-state index is 5.49. The first kappa shape index (κ1) is 13.9. The van der Waals surface area contributed by atoms with Crippen LogP contribution in [0.25, 0.3) is 16.9 Å². The molecule has 3 aromatic rings. The van der Waals surface area contributed by atoms with Gasteiger partial charge in [0.25, 0.3) is 0 Å². The fourth-order valence-corrected chi connectivity index (χ4v) is 2.63. The van der Waals surface area contributed by atoms with Crippen LogP contribution in [0.2, 0.25) is 0 Å². The van der Waals surface area contributed by atoms with E-state index in [2.05, 4.69) is 5.10 Å². The Bertz CT molecular complexity index is 809. The summed E-state index contributed by atoms with van der Waals surface area (Å²) in [7, 11) is 1.87. The summed E-state index contributed by atoms with van der Waals surface area (Å²) in [5.74, 6) is 0. The van der Waals surface area contributed by atoms with Crippen LogP contribution in [0.15, 0.2) is 60.7 Å². The van der Waals surface area contributed by atoms with E-state index in [1.807, 2.05) is 72.3 Å². The van der Waals surface area contributed by atoms with Gasteiger partial charge in [-0.15, -0.1) is 0 Å². The molecule has 1 heterocycles. The van der Waals surface area contributed by atoms with Crippen LogP contribution in [0.1, 0.15) is 0 Å². The molecule has 0 bridgehead atoms. The summed E-state index contributed by atoms with van der Waals surface area (Å²) in [6.07, 6.45) is 0. The Labute approximate surface area is 133 Å². The van der Waals surface area contributed by atoms with Crippen molar-refractivity contribution in [1.29, 1.82) is 0 Å². The minimum Gasteiger partial charge on any atom is -0.309 e. The molecule has 0 N–H and O–H groups in total. The Kier molecular flexibility index (Phi) is 3.77. The highest BCUT2D eigenvalue weighted by molar-refractivity contribution is 7.72. The highest BCUT2D eigenvalue weighted by atomic mass is 32.1. The third-order valence-electron chi connectivity index (χ3n) is 3.22. The molecule has 21 heavy (non-hydrogen) atoms.